The standard InChI is InChI=1S/C17H20BrF3N6O/c1-26-4-6-27(7-5-26)10-11-2-3-12(8-13(11)17(19,20)21)22-16(28)23-15-9-14(18)24-25-15/h2-3,8-9H,4-7,10H2,1H3,(H3,22,23,24,25,28). The average Bonchev–Trinajstić information content (AvgIpc) is 3.02. The number of carbonyl (C=O) groups excluding carboxylic acids is 1. The molecule has 0 spiro atoms. The molecule has 28 heavy (non-hydrogen) atoms. The van der Waals surface area contributed by atoms with Crippen LogP contribution in [0.3, 0.4) is 0 Å². The normalized spacial score (nSPS) is 16.2. The highest BCUT2D eigenvalue weighted by Gasteiger charge is 2.34. The Labute approximate surface area is 168 Å². The fourth-order valence-corrected chi connectivity index (χ4v) is 3.25. The summed E-state index contributed by atoms with van der Waals surface area (Å²) < 4.78 is 41.2. The number of benzene rings is 1. The van der Waals surface area contributed by atoms with Crippen molar-refractivity contribution in [2.75, 3.05) is 43.9 Å². The molecule has 1 aliphatic rings. The van der Waals surface area contributed by atoms with Crippen molar-refractivity contribution >= 4 is 33.5 Å². The van der Waals surface area contributed by atoms with Crippen LogP contribution in [0.1, 0.15) is 11.1 Å². The molecule has 1 aliphatic heterocycles. The number of nitrogens with zero attached hydrogens (tertiary/aromatic N) is 3. The van der Waals surface area contributed by atoms with Gasteiger partial charge < -0.3 is 10.2 Å². The molecule has 152 valence electrons. The zero-order valence-electron chi connectivity index (χ0n) is 15.1. The Hall–Kier alpha value is -2.11. The maximum absolute atomic E-state index is 13.6. The van der Waals surface area contributed by atoms with Gasteiger partial charge in [-0.3, -0.25) is 15.3 Å². The minimum Gasteiger partial charge on any atom is -0.308 e. The van der Waals surface area contributed by atoms with Crippen LogP contribution in [0.5, 0.6) is 0 Å². The summed E-state index contributed by atoms with van der Waals surface area (Å²) in [7, 11) is 1.99. The number of anilines is 2. The van der Waals surface area contributed by atoms with Crippen molar-refractivity contribution in [3.05, 3.63) is 40.0 Å². The quantitative estimate of drug-likeness (QED) is 0.651. The first kappa shape index (κ1) is 20.6. The Morgan fingerprint density at radius 2 is 1.93 bits per heavy atom. The number of amides is 2. The average molecular weight is 461 g/mol. The Morgan fingerprint density at radius 1 is 1.21 bits per heavy atom. The first-order chi connectivity index (χ1) is 13.2. The summed E-state index contributed by atoms with van der Waals surface area (Å²) in [5, 5.41) is 11.2. The molecule has 3 rings (SSSR count). The third kappa shape index (κ3) is 5.46. The van der Waals surface area contributed by atoms with E-state index in [0.29, 0.717) is 4.60 Å². The number of likely N-dealkylation sites (N-methyl/N-ethyl adjacent to an activating group) is 1. The highest BCUT2D eigenvalue weighted by atomic mass is 79.9. The summed E-state index contributed by atoms with van der Waals surface area (Å²) in [4.78, 5) is 16.1. The molecule has 0 bridgehead atoms. The molecule has 0 radical (unpaired) electrons. The maximum atomic E-state index is 13.6. The predicted octanol–water partition coefficient (Wildman–Crippen LogP) is 3.58. The Bertz CT molecular complexity index is 833. The van der Waals surface area contributed by atoms with Crippen molar-refractivity contribution in [2.24, 2.45) is 0 Å². The molecule has 11 heteroatoms. The Balaban J connectivity index is 1.71. The van der Waals surface area contributed by atoms with Crippen LogP contribution in [0.15, 0.2) is 28.9 Å². The van der Waals surface area contributed by atoms with Gasteiger partial charge in [-0.15, -0.1) is 0 Å². The number of urea groups is 1. The number of piperazine rings is 1. The fourth-order valence-electron chi connectivity index (χ4n) is 2.94. The summed E-state index contributed by atoms with van der Waals surface area (Å²) in [5.74, 6) is 0.243. The summed E-state index contributed by atoms with van der Waals surface area (Å²) >= 11 is 3.15. The number of alkyl halides is 3. The smallest absolute Gasteiger partial charge is 0.308 e. The van der Waals surface area contributed by atoms with Crippen LogP contribution in [-0.4, -0.2) is 59.3 Å². The molecule has 0 unspecified atom stereocenters. The number of nitrogens with one attached hydrogen (secondary N) is 3. The van der Waals surface area contributed by atoms with Crippen molar-refractivity contribution in [3.63, 3.8) is 0 Å². The van der Waals surface area contributed by atoms with Gasteiger partial charge in [0, 0.05) is 44.5 Å². The predicted molar refractivity (Wildman–Crippen MR) is 103 cm³/mol. The van der Waals surface area contributed by atoms with Gasteiger partial charge in [-0.2, -0.15) is 18.3 Å². The largest absolute Gasteiger partial charge is 0.416 e. The van der Waals surface area contributed by atoms with E-state index in [1.165, 1.54) is 18.2 Å². The topological polar surface area (TPSA) is 76.3 Å². The molecular formula is C17H20BrF3N6O. The van der Waals surface area contributed by atoms with Crippen molar-refractivity contribution in [1.29, 1.82) is 0 Å². The van der Waals surface area contributed by atoms with E-state index in [2.05, 4.69) is 41.7 Å². The monoisotopic (exact) mass is 460 g/mol. The number of halogens is 4. The zero-order chi connectivity index (χ0) is 20.3. The minimum atomic E-state index is -4.51. The highest BCUT2D eigenvalue weighted by Crippen LogP contribution is 2.34. The number of hydrogen-bond donors (Lipinski definition) is 3. The molecule has 3 N–H and O–H groups in total. The van der Waals surface area contributed by atoms with Crippen molar-refractivity contribution in [1.82, 2.24) is 20.0 Å². The van der Waals surface area contributed by atoms with Crippen LogP contribution in [0.2, 0.25) is 0 Å². The molecule has 0 atom stereocenters. The minimum absolute atomic E-state index is 0.0570. The van der Waals surface area contributed by atoms with Crippen molar-refractivity contribution < 1.29 is 18.0 Å². The van der Waals surface area contributed by atoms with Gasteiger partial charge in [0.15, 0.2) is 5.82 Å². The van der Waals surface area contributed by atoms with Crippen LogP contribution in [0, 0.1) is 0 Å². The lowest BCUT2D eigenvalue weighted by atomic mass is 10.0. The first-order valence-corrected chi connectivity index (χ1v) is 9.40. The van der Waals surface area contributed by atoms with Gasteiger partial charge in [0.1, 0.15) is 4.60 Å². The van der Waals surface area contributed by atoms with Crippen LogP contribution in [-0.2, 0) is 12.7 Å². The molecular weight excluding hydrogens is 441 g/mol. The van der Waals surface area contributed by atoms with Gasteiger partial charge in [0.25, 0.3) is 0 Å². The van der Waals surface area contributed by atoms with E-state index < -0.39 is 17.8 Å². The fraction of sp³-hybridized carbons (Fsp3) is 0.412. The van der Waals surface area contributed by atoms with Gasteiger partial charge in [-0.1, -0.05) is 6.07 Å². The van der Waals surface area contributed by atoms with E-state index in [1.807, 2.05) is 11.9 Å². The number of aromatic nitrogens is 2. The first-order valence-electron chi connectivity index (χ1n) is 8.60. The van der Waals surface area contributed by atoms with Gasteiger partial charge in [0.2, 0.25) is 0 Å². The number of H-pyrrole nitrogens is 1. The third-order valence-corrected chi connectivity index (χ3v) is 4.86. The molecule has 0 aliphatic carbocycles. The molecule has 1 fully saturated rings. The second-order valence-electron chi connectivity index (χ2n) is 6.63. The number of rotatable bonds is 4. The molecule has 2 heterocycles. The third-order valence-electron chi connectivity index (χ3n) is 4.45. The number of hydrogen-bond acceptors (Lipinski definition) is 4. The highest BCUT2D eigenvalue weighted by molar-refractivity contribution is 9.10. The van der Waals surface area contributed by atoms with E-state index in [1.54, 1.807) is 0 Å². The number of aromatic amines is 1. The summed E-state index contributed by atoms with van der Waals surface area (Å²) in [6.45, 7) is 3.30. The molecule has 1 aromatic carbocycles. The van der Waals surface area contributed by atoms with Crippen molar-refractivity contribution in [2.45, 2.75) is 12.7 Å². The van der Waals surface area contributed by atoms with Crippen LogP contribution >= 0.6 is 15.9 Å². The molecule has 2 aromatic rings. The summed E-state index contributed by atoms with van der Waals surface area (Å²) in [6.07, 6.45) is -4.51. The molecule has 1 aromatic heterocycles. The van der Waals surface area contributed by atoms with Crippen LogP contribution < -0.4 is 10.6 Å². The second-order valence-corrected chi connectivity index (χ2v) is 7.48. The van der Waals surface area contributed by atoms with Crippen LogP contribution in [0.25, 0.3) is 0 Å². The van der Waals surface area contributed by atoms with Gasteiger partial charge in [-0.05, 0) is 40.7 Å². The maximum Gasteiger partial charge on any atom is 0.416 e. The van der Waals surface area contributed by atoms with E-state index in [4.69, 9.17) is 0 Å². The van der Waals surface area contributed by atoms with Gasteiger partial charge >= 0.3 is 12.2 Å². The lowest BCUT2D eigenvalue weighted by molar-refractivity contribution is -0.138. The lowest BCUT2D eigenvalue weighted by Gasteiger charge is -2.33. The Morgan fingerprint density at radius 3 is 2.54 bits per heavy atom. The van der Waals surface area contributed by atoms with Crippen LogP contribution in [0.4, 0.5) is 29.5 Å². The van der Waals surface area contributed by atoms with E-state index in [-0.39, 0.29) is 23.6 Å². The lowest BCUT2D eigenvalue weighted by Crippen LogP contribution is -2.44. The summed E-state index contributed by atoms with van der Waals surface area (Å²) in [6, 6.07) is 4.70. The molecule has 7 nitrogen and oxygen atoms in total. The molecule has 0 saturated carbocycles. The van der Waals surface area contributed by atoms with E-state index in [0.717, 1.165) is 32.2 Å². The molecule has 2 amide bonds. The van der Waals surface area contributed by atoms with Gasteiger partial charge in [0.05, 0.1) is 5.56 Å². The van der Waals surface area contributed by atoms with Gasteiger partial charge in [-0.25, -0.2) is 4.79 Å². The second kappa shape index (κ2) is 8.50. The van der Waals surface area contributed by atoms with E-state index >= 15 is 0 Å². The zero-order valence-corrected chi connectivity index (χ0v) is 16.7. The number of carbonyl (C=O) groups is 1. The SMILES string of the molecule is CN1CCN(Cc2ccc(NC(=O)Nc3cc(Br)[nH]n3)cc2C(F)(F)F)CC1. The van der Waals surface area contributed by atoms with Crippen molar-refractivity contribution in [3.8, 4) is 0 Å². The summed E-state index contributed by atoms with van der Waals surface area (Å²) in [5.41, 5.74) is -0.493. The molecule has 1 saturated heterocycles. The van der Waals surface area contributed by atoms with E-state index in [9.17, 15) is 18.0 Å². The Kier molecular flexibility index (Phi) is 6.26.